The summed E-state index contributed by atoms with van der Waals surface area (Å²) in [6.45, 7) is 8.74. The van der Waals surface area contributed by atoms with Crippen LogP contribution < -0.4 is 11.3 Å². The molecule has 0 saturated carbocycles. The molecule has 2 nitrogen and oxygen atoms in total. The van der Waals surface area contributed by atoms with Gasteiger partial charge in [0.25, 0.3) is 0 Å². The summed E-state index contributed by atoms with van der Waals surface area (Å²) in [6, 6.07) is 15.4. The molecular weight excluding hydrogens is 256 g/mol. The van der Waals surface area contributed by atoms with E-state index in [-0.39, 0.29) is 6.04 Å². The highest BCUT2D eigenvalue weighted by molar-refractivity contribution is 5.38. The zero-order valence-electron chi connectivity index (χ0n) is 13.5. The summed E-state index contributed by atoms with van der Waals surface area (Å²) in [5, 5.41) is 0. The van der Waals surface area contributed by atoms with E-state index >= 15 is 0 Å². The van der Waals surface area contributed by atoms with Crippen LogP contribution in [-0.4, -0.2) is 0 Å². The highest BCUT2D eigenvalue weighted by atomic mass is 15.2. The minimum Gasteiger partial charge on any atom is -0.271 e. The smallest absolute Gasteiger partial charge is 0.0710 e. The fraction of sp³-hybridized carbons (Fsp3) is 0.368. The van der Waals surface area contributed by atoms with Crippen LogP contribution in [0.5, 0.6) is 0 Å². The maximum absolute atomic E-state index is 5.84. The highest BCUT2D eigenvalue weighted by Crippen LogP contribution is 2.24. The Hall–Kier alpha value is -1.64. The maximum Gasteiger partial charge on any atom is 0.0710 e. The summed E-state index contributed by atoms with van der Waals surface area (Å²) in [5.41, 5.74) is 9.31. The molecule has 0 amide bonds. The van der Waals surface area contributed by atoms with Gasteiger partial charge in [-0.3, -0.25) is 5.84 Å². The Morgan fingerprint density at radius 1 is 0.952 bits per heavy atom. The molecule has 0 spiro atoms. The van der Waals surface area contributed by atoms with Crippen LogP contribution in [0.3, 0.4) is 0 Å². The van der Waals surface area contributed by atoms with Crippen molar-refractivity contribution in [2.75, 3.05) is 0 Å². The Balaban J connectivity index is 2.36. The van der Waals surface area contributed by atoms with Crippen LogP contribution in [0.2, 0.25) is 0 Å². The van der Waals surface area contributed by atoms with Crippen LogP contribution in [0.4, 0.5) is 0 Å². The van der Waals surface area contributed by atoms with Gasteiger partial charge in [-0.15, -0.1) is 0 Å². The minimum atomic E-state index is 0.0377. The quantitative estimate of drug-likeness (QED) is 0.641. The van der Waals surface area contributed by atoms with Crippen molar-refractivity contribution in [3.05, 3.63) is 70.3 Å². The molecule has 0 fully saturated rings. The first-order chi connectivity index (χ1) is 9.99. The lowest BCUT2D eigenvalue weighted by molar-refractivity contribution is 0.627. The second-order valence-electron chi connectivity index (χ2n) is 6.36. The van der Waals surface area contributed by atoms with Crippen LogP contribution in [0.25, 0.3) is 0 Å². The molecule has 0 aliphatic carbocycles. The fourth-order valence-electron chi connectivity index (χ4n) is 2.93. The molecule has 3 N–H and O–H groups in total. The summed E-state index contributed by atoms with van der Waals surface area (Å²) in [6.07, 6.45) is 1.10. The topological polar surface area (TPSA) is 38.0 Å². The molecular formula is C19H26N2. The summed E-state index contributed by atoms with van der Waals surface area (Å²) in [4.78, 5) is 0. The summed E-state index contributed by atoms with van der Waals surface area (Å²) in [7, 11) is 0. The van der Waals surface area contributed by atoms with E-state index in [1.807, 2.05) is 0 Å². The molecule has 0 saturated heterocycles. The van der Waals surface area contributed by atoms with Crippen molar-refractivity contribution in [1.29, 1.82) is 0 Å². The third kappa shape index (κ3) is 4.16. The van der Waals surface area contributed by atoms with Gasteiger partial charge in [0.2, 0.25) is 0 Å². The molecule has 0 aromatic heterocycles. The first kappa shape index (κ1) is 15.7. The van der Waals surface area contributed by atoms with Gasteiger partial charge in [0, 0.05) is 0 Å². The lowest BCUT2D eigenvalue weighted by Gasteiger charge is -2.19. The molecule has 0 aliphatic heterocycles. The zero-order valence-corrected chi connectivity index (χ0v) is 13.5. The van der Waals surface area contributed by atoms with E-state index in [0.29, 0.717) is 5.92 Å². The molecule has 0 radical (unpaired) electrons. The van der Waals surface area contributed by atoms with Gasteiger partial charge in [-0.25, -0.2) is 5.43 Å². The Morgan fingerprint density at radius 3 is 2.19 bits per heavy atom. The van der Waals surface area contributed by atoms with Crippen molar-refractivity contribution in [2.24, 2.45) is 11.8 Å². The second-order valence-corrected chi connectivity index (χ2v) is 6.36. The predicted octanol–water partition coefficient (Wildman–Crippen LogP) is 4.05. The second kappa shape index (κ2) is 6.88. The van der Waals surface area contributed by atoms with Gasteiger partial charge >= 0.3 is 0 Å². The van der Waals surface area contributed by atoms with E-state index in [1.54, 1.807) is 0 Å². The lowest BCUT2D eigenvalue weighted by Crippen LogP contribution is -2.29. The van der Waals surface area contributed by atoms with Gasteiger partial charge in [0.1, 0.15) is 0 Å². The number of hydrogen-bond acceptors (Lipinski definition) is 2. The van der Waals surface area contributed by atoms with Gasteiger partial charge in [-0.1, -0.05) is 67.4 Å². The number of nitrogens with two attached hydrogens (primary N) is 1. The molecule has 0 heterocycles. The Labute approximate surface area is 128 Å². The Morgan fingerprint density at radius 2 is 1.62 bits per heavy atom. The average molecular weight is 282 g/mol. The van der Waals surface area contributed by atoms with Crippen molar-refractivity contribution in [1.82, 2.24) is 5.43 Å². The SMILES string of the molecule is Cc1cc(C)cc(C(NN)c2cccc(CC(C)C)c2)c1. The molecule has 112 valence electrons. The summed E-state index contributed by atoms with van der Waals surface area (Å²) in [5.74, 6) is 6.50. The number of aryl methyl sites for hydroxylation is 2. The molecule has 0 aliphatic rings. The van der Waals surface area contributed by atoms with Crippen LogP contribution in [-0.2, 0) is 6.42 Å². The molecule has 2 aromatic carbocycles. The molecule has 2 aromatic rings. The van der Waals surface area contributed by atoms with Gasteiger partial charge < -0.3 is 0 Å². The summed E-state index contributed by atoms with van der Waals surface area (Å²) < 4.78 is 0. The van der Waals surface area contributed by atoms with E-state index < -0.39 is 0 Å². The van der Waals surface area contributed by atoms with E-state index in [9.17, 15) is 0 Å². The number of nitrogens with one attached hydrogen (secondary N) is 1. The number of hydrogen-bond donors (Lipinski definition) is 2. The largest absolute Gasteiger partial charge is 0.271 e. The van der Waals surface area contributed by atoms with Crippen LogP contribution >= 0.6 is 0 Å². The average Bonchev–Trinajstić information content (AvgIpc) is 2.38. The zero-order chi connectivity index (χ0) is 15.4. The van der Waals surface area contributed by atoms with E-state index in [4.69, 9.17) is 5.84 Å². The molecule has 1 unspecified atom stereocenters. The van der Waals surface area contributed by atoms with Gasteiger partial charge in [-0.05, 0) is 42.9 Å². The van der Waals surface area contributed by atoms with E-state index in [0.717, 1.165) is 6.42 Å². The first-order valence-electron chi connectivity index (χ1n) is 7.62. The predicted molar refractivity (Wildman–Crippen MR) is 90.1 cm³/mol. The summed E-state index contributed by atoms with van der Waals surface area (Å²) >= 11 is 0. The lowest BCUT2D eigenvalue weighted by atomic mass is 9.93. The van der Waals surface area contributed by atoms with Crippen molar-refractivity contribution >= 4 is 0 Å². The van der Waals surface area contributed by atoms with Crippen LogP contribution in [0.1, 0.15) is 47.7 Å². The van der Waals surface area contributed by atoms with Gasteiger partial charge in [0.05, 0.1) is 6.04 Å². The first-order valence-corrected chi connectivity index (χ1v) is 7.62. The van der Waals surface area contributed by atoms with Gasteiger partial charge in [0.15, 0.2) is 0 Å². The molecule has 21 heavy (non-hydrogen) atoms. The Kier molecular flexibility index (Phi) is 5.16. The van der Waals surface area contributed by atoms with Crippen LogP contribution in [0, 0.1) is 19.8 Å². The van der Waals surface area contributed by atoms with Crippen LogP contribution in [0.15, 0.2) is 42.5 Å². The third-order valence-electron chi connectivity index (χ3n) is 3.67. The normalized spacial score (nSPS) is 12.7. The molecule has 1 atom stereocenters. The molecule has 0 bridgehead atoms. The minimum absolute atomic E-state index is 0.0377. The van der Waals surface area contributed by atoms with E-state index in [2.05, 4.69) is 75.6 Å². The van der Waals surface area contributed by atoms with Crippen molar-refractivity contribution < 1.29 is 0 Å². The van der Waals surface area contributed by atoms with Crippen molar-refractivity contribution in [3.63, 3.8) is 0 Å². The standard InChI is InChI=1S/C19H26N2/c1-13(2)8-16-6-5-7-17(12-16)19(21-20)18-10-14(3)9-15(4)11-18/h5-7,9-13,19,21H,8,20H2,1-4H3. The van der Waals surface area contributed by atoms with Gasteiger partial charge in [-0.2, -0.15) is 0 Å². The molecule has 2 heteroatoms. The Bertz CT molecular complexity index is 582. The third-order valence-corrected chi connectivity index (χ3v) is 3.67. The molecule has 2 rings (SSSR count). The fourth-order valence-corrected chi connectivity index (χ4v) is 2.93. The highest BCUT2D eigenvalue weighted by Gasteiger charge is 2.13. The monoisotopic (exact) mass is 282 g/mol. The van der Waals surface area contributed by atoms with E-state index in [1.165, 1.54) is 27.8 Å². The number of rotatable bonds is 5. The number of hydrazine groups is 1. The van der Waals surface area contributed by atoms with Crippen molar-refractivity contribution in [2.45, 2.75) is 40.2 Å². The van der Waals surface area contributed by atoms with Crippen molar-refractivity contribution in [3.8, 4) is 0 Å². The number of benzene rings is 2. The maximum atomic E-state index is 5.84.